The molecule has 1 aliphatic rings. The Kier molecular flexibility index (Phi) is 17.6. The maximum absolute atomic E-state index is 11.5. The van der Waals surface area contributed by atoms with E-state index in [-0.39, 0.29) is 26.2 Å². The number of aryl methyl sites for hydroxylation is 3. The van der Waals surface area contributed by atoms with Crippen molar-refractivity contribution in [3.8, 4) is 0 Å². The van der Waals surface area contributed by atoms with Crippen LogP contribution in [0.3, 0.4) is 0 Å². The lowest BCUT2D eigenvalue weighted by Crippen LogP contribution is -2.33. The Labute approximate surface area is 275 Å². The van der Waals surface area contributed by atoms with Crippen LogP contribution in [0.1, 0.15) is 92.1 Å². The lowest BCUT2D eigenvalue weighted by molar-refractivity contribution is 0.0515. The Morgan fingerprint density at radius 2 is 1.41 bits per heavy atom. The third kappa shape index (κ3) is 16.9. The van der Waals surface area contributed by atoms with Crippen LogP contribution in [0, 0.1) is 0 Å². The summed E-state index contributed by atoms with van der Waals surface area (Å²) in [6, 6.07) is 12.1. The van der Waals surface area contributed by atoms with E-state index in [4.69, 9.17) is 14.6 Å². The van der Waals surface area contributed by atoms with E-state index < -0.39 is 11.2 Å². The van der Waals surface area contributed by atoms with Crippen molar-refractivity contribution >= 4 is 29.0 Å². The van der Waals surface area contributed by atoms with Gasteiger partial charge in [-0.2, -0.15) is 0 Å². The Morgan fingerprint density at radius 3 is 1.98 bits per heavy atom. The van der Waals surface area contributed by atoms with E-state index in [0.717, 1.165) is 66.9 Å². The molecule has 4 heterocycles. The van der Waals surface area contributed by atoms with Crippen LogP contribution >= 0.6 is 0 Å². The van der Waals surface area contributed by atoms with Gasteiger partial charge >= 0.3 is 12.2 Å². The molecule has 0 saturated carbocycles. The molecule has 11 nitrogen and oxygen atoms in total. The number of anilines is 1. The number of aliphatic hydroxyl groups is 1. The smallest absolute Gasteiger partial charge is 0.407 e. The molecule has 0 saturated heterocycles. The van der Waals surface area contributed by atoms with Gasteiger partial charge in [0.25, 0.3) is 0 Å². The number of carbonyl (C=O) groups excluding carboxylic acids is 2. The maximum Gasteiger partial charge on any atom is 0.407 e. The number of alkyl carbamates (subject to hydrolysis) is 2. The number of aromatic nitrogens is 3. The number of pyridine rings is 3. The molecule has 0 fully saturated rings. The fraction of sp³-hybridized carbons (Fsp3) is 0.571. The maximum atomic E-state index is 11.5. The van der Waals surface area contributed by atoms with E-state index in [1.807, 2.05) is 65.8 Å². The molecule has 0 aliphatic carbocycles. The van der Waals surface area contributed by atoms with Crippen LogP contribution in [0.5, 0.6) is 0 Å². The van der Waals surface area contributed by atoms with Crippen LogP contribution < -0.4 is 16.0 Å². The standard InChI is InChI=1S/C16H25N3O2.C16H21N3O2.C2H6O.CH4/c2*1-16(2,3)21-15(20)18-11-5-7-13-9-8-12-6-4-10-17-14(12)19-13;1-2-3;/h8-9H,4-7,10-11H2,1-3H3,(H,17,19)(H,18,20);4,6,8-10H,5,7,11H2,1-3H3,(H,18,20);3H,2H2,1H3;1H4. The minimum atomic E-state index is -0.463. The monoisotopic (exact) mass is 640 g/mol. The highest BCUT2D eigenvalue weighted by molar-refractivity contribution is 5.74. The summed E-state index contributed by atoms with van der Waals surface area (Å²) in [6.07, 6.45) is 6.59. The average Bonchev–Trinajstić information content (AvgIpc) is 2.96. The first kappa shape index (κ1) is 40.0. The third-order valence-electron chi connectivity index (χ3n) is 6.03. The molecule has 0 unspecified atom stereocenters. The Hall–Kier alpha value is -3.99. The molecule has 0 atom stereocenters. The molecular weight excluding hydrogens is 584 g/mol. The fourth-order valence-corrected chi connectivity index (χ4v) is 4.19. The second kappa shape index (κ2) is 20.2. The van der Waals surface area contributed by atoms with Crippen molar-refractivity contribution in [2.45, 2.75) is 106 Å². The zero-order valence-corrected chi connectivity index (χ0v) is 28.0. The number of carbonyl (C=O) groups is 2. The minimum absolute atomic E-state index is 0. The average molecular weight is 641 g/mol. The lowest BCUT2D eigenvalue weighted by atomic mass is 10.1. The van der Waals surface area contributed by atoms with Crippen molar-refractivity contribution in [1.29, 1.82) is 0 Å². The van der Waals surface area contributed by atoms with Gasteiger partial charge in [0, 0.05) is 49.2 Å². The number of amides is 2. The molecule has 4 N–H and O–H groups in total. The predicted octanol–water partition coefficient (Wildman–Crippen LogP) is 6.62. The highest BCUT2D eigenvalue weighted by Crippen LogP contribution is 2.20. The van der Waals surface area contributed by atoms with Gasteiger partial charge in [-0.1, -0.05) is 13.5 Å². The first-order chi connectivity index (χ1) is 21.3. The van der Waals surface area contributed by atoms with E-state index >= 15 is 0 Å². The van der Waals surface area contributed by atoms with Crippen LogP contribution in [0.15, 0.2) is 42.6 Å². The van der Waals surface area contributed by atoms with Gasteiger partial charge in [0.2, 0.25) is 0 Å². The summed E-state index contributed by atoms with van der Waals surface area (Å²) in [7, 11) is 0. The van der Waals surface area contributed by atoms with E-state index in [1.54, 1.807) is 13.1 Å². The highest BCUT2D eigenvalue weighted by atomic mass is 16.6. The van der Waals surface area contributed by atoms with Crippen molar-refractivity contribution < 1.29 is 24.2 Å². The molecule has 0 aromatic carbocycles. The second-order valence-electron chi connectivity index (χ2n) is 12.6. The summed E-state index contributed by atoms with van der Waals surface area (Å²) >= 11 is 0. The van der Waals surface area contributed by atoms with Crippen molar-refractivity contribution in [2.24, 2.45) is 0 Å². The first-order valence-electron chi connectivity index (χ1n) is 15.8. The first-order valence-corrected chi connectivity index (χ1v) is 15.8. The van der Waals surface area contributed by atoms with Gasteiger partial charge in [-0.05, 0) is 123 Å². The number of rotatable bonds is 8. The zero-order chi connectivity index (χ0) is 33.3. The fourth-order valence-electron chi connectivity index (χ4n) is 4.19. The molecular formula is C35H56N6O5. The highest BCUT2D eigenvalue weighted by Gasteiger charge is 2.16. The molecule has 0 bridgehead atoms. The molecule has 3 aromatic rings. The Bertz CT molecular complexity index is 1340. The number of hydrogen-bond donors (Lipinski definition) is 4. The third-order valence-corrected chi connectivity index (χ3v) is 6.03. The molecule has 46 heavy (non-hydrogen) atoms. The number of aliphatic hydroxyl groups excluding tert-OH is 1. The van der Waals surface area contributed by atoms with E-state index in [2.05, 4.69) is 43.0 Å². The predicted molar refractivity (Wildman–Crippen MR) is 185 cm³/mol. The van der Waals surface area contributed by atoms with Crippen LogP contribution in [0.25, 0.3) is 11.0 Å². The quantitative estimate of drug-likeness (QED) is 0.199. The molecule has 0 radical (unpaired) electrons. The van der Waals surface area contributed by atoms with Gasteiger partial charge in [-0.25, -0.2) is 24.5 Å². The molecule has 4 rings (SSSR count). The van der Waals surface area contributed by atoms with Gasteiger partial charge < -0.3 is 30.5 Å². The summed E-state index contributed by atoms with van der Waals surface area (Å²) in [5.41, 5.74) is 3.19. The second-order valence-corrected chi connectivity index (χ2v) is 12.6. The molecule has 0 spiro atoms. The van der Waals surface area contributed by atoms with Gasteiger partial charge in [0.1, 0.15) is 17.0 Å². The molecule has 11 heteroatoms. The number of hydrogen-bond acceptors (Lipinski definition) is 9. The van der Waals surface area contributed by atoms with Crippen molar-refractivity contribution in [3.05, 3.63) is 59.5 Å². The Balaban J connectivity index is 0.000000415. The normalized spacial score (nSPS) is 12.0. The van der Waals surface area contributed by atoms with Crippen LogP contribution in [-0.4, -0.2) is 69.7 Å². The molecule has 3 aromatic heterocycles. The van der Waals surface area contributed by atoms with Crippen molar-refractivity contribution in [1.82, 2.24) is 25.6 Å². The number of fused-ring (bicyclic) bond motifs is 2. The number of ether oxygens (including phenoxy) is 2. The van der Waals surface area contributed by atoms with Crippen molar-refractivity contribution in [2.75, 3.05) is 31.6 Å². The molecule has 256 valence electrons. The van der Waals surface area contributed by atoms with E-state index in [9.17, 15) is 9.59 Å². The zero-order valence-electron chi connectivity index (χ0n) is 28.0. The summed E-state index contributed by atoms with van der Waals surface area (Å²) in [6.45, 7) is 15.2. The largest absolute Gasteiger partial charge is 0.444 e. The summed E-state index contributed by atoms with van der Waals surface area (Å²) in [5.74, 6) is 1.03. The minimum Gasteiger partial charge on any atom is -0.444 e. The molecule has 2 amide bonds. The summed E-state index contributed by atoms with van der Waals surface area (Å²) in [4.78, 5) is 36.4. The van der Waals surface area contributed by atoms with Crippen molar-refractivity contribution in [3.63, 3.8) is 0 Å². The van der Waals surface area contributed by atoms with E-state index in [0.29, 0.717) is 13.1 Å². The Morgan fingerprint density at radius 1 is 0.870 bits per heavy atom. The number of nitrogens with zero attached hydrogens (tertiary/aromatic N) is 3. The topological polar surface area (TPSA) is 148 Å². The van der Waals surface area contributed by atoms with Crippen LogP contribution in [-0.2, 0) is 28.7 Å². The van der Waals surface area contributed by atoms with Gasteiger partial charge in [-0.3, -0.25) is 0 Å². The van der Waals surface area contributed by atoms with Gasteiger partial charge in [0.15, 0.2) is 5.65 Å². The van der Waals surface area contributed by atoms with Crippen LogP contribution in [0.4, 0.5) is 15.4 Å². The van der Waals surface area contributed by atoms with E-state index in [1.165, 1.54) is 12.0 Å². The molecule has 1 aliphatic heterocycles. The summed E-state index contributed by atoms with van der Waals surface area (Å²) < 4.78 is 10.4. The lowest BCUT2D eigenvalue weighted by Gasteiger charge is -2.19. The summed E-state index contributed by atoms with van der Waals surface area (Å²) in [5, 5.41) is 17.5. The van der Waals surface area contributed by atoms with Crippen LogP contribution in [0.2, 0.25) is 0 Å². The number of nitrogens with one attached hydrogen (secondary N) is 3. The SMILES string of the molecule is C.CC(C)(C)OC(=O)NCCCc1ccc2c(n1)NCCC2.CC(C)(C)OC(=O)NCCCc1ccc2cccnc2n1.CCO. The van der Waals surface area contributed by atoms with Gasteiger partial charge in [0.05, 0.1) is 0 Å². The van der Waals surface area contributed by atoms with Gasteiger partial charge in [-0.15, -0.1) is 0 Å².